The van der Waals surface area contributed by atoms with Crippen LogP contribution in [0.5, 0.6) is 5.75 Å². The van der Waals surface area contributed by atoms with Crippen molar-refractivity contribution in [3.05, 3.63) is 82.3 Å². The predicted molar refractivity (Wildman–Crippen MR) is 96.3 cm³/mol. The summed E-state index contributed by atoms with van der Waals surface area (Å²) in [7, 11) is 0. The summed E-state index contributed by atoms with van der Waals surface area (Å²) in [6.45, 7) is 0. The van der Waals surface area contributed by atoms with Gasteiger partial charge in [0.15, 0.2) is 5.75 Å². The summed E-state index contributed by atoms with van der Waals surface area (Å²) in [6.07, 6.45) is 1.83. The quantitative estimate of drug-likeness (QED) is 0.388. The van der Waals surface area contributed by atoms with E-state index in [2.05, 4.69) is 4.98 Å². The average molecular weight is 343 g/mol. The predicted octanol–water partition coefficient (Wildman–Crippen LogP) is 3.78. The lowest BCUT2D eigenvalue weighted by Crippen LogP contribution is -2.26. The Morgan fingerprint density at radius 2 is 1.88 bits per heavy atom. The van der Waals surface area contributed by atoms with Crippen molar-refractivity contribution in [3.8, 4) is 5.75 Å². The third kappa shape index (κ3) is 2.21. The van der Waals surface area contributed by atoms with E-state index in [1.807, 2.05) is 36.4 Å². The molecule has 0 saturated heterocycles. The van der Waals surface area contributed by atoms with Gasteiger partial charge in [0.2, 0.25) is 0 Å². The maximum atomic E-state index is 12.7. The van der Waals surface area contributed by atoms with E-state index in [0.717, 1.165) is 16.5 Å². The van der Waals surface area contributed by atoms with E-state index >= 15 is 0 Å². The summed E-state index contributed by atoms with van der Waals surface area (Å²) in [5, 5.41) is 1.58. The first-order chi connectivity index (χ1) is 12.7. The monoisotopic (exact) mass is 343 g/mol. The van der Waals surface area contributed by atoms with Crippen LogP contribution in [0.15, 0.2) is 70.0 Å². The van der Waals surface area contributed by atoms with Gasteiger partial charge in [-0.2, -0.15) is 0 Å². The highest BCUT2D eigenvalue weighted by molar-refractivity contribution is 5.90. The average Bonchev–Trinajstić information content (AvgIpc) is 2.67. The summed E-state index contributed by atoms with van der Waals surface area (Å²) in [4.78, 5) is 29.2. The van der Waals surface area contributed by atoms with E-state index in [9.17, 15) is 9.59 Å². The maximum absolute atomic E-state index is 12.7. The Kier molecular flexibility index (Phi) is 3.15. The third-order valence-electron chi connectivity index (χ3n) is 4.76. The molecule has 2 aromatic heterocycles. The van der Waals surface area contributed by atoms with Crippen molar-refractivity contribution in [2.24, 2.45) is 0 Å². The molecule has 1 aliphatic heterocycles. The number of carbonyl (C=O) groups excluding carboxylic acids is 1. The lowest BCUT2D eigenvalue weighted by Gasteiger charge is -2.24. The summed E-state index contributed by atoms with van der Waals surface area (Å²) in [5.74, 6) is -0.453. The number of rotatable bonds is 1. The Hall–Kier alpha value is -3.47. The number of hydrogen-bond donors (Lipinski definition) is 0. The third-order valence-corrected chi connectivity index (χ3v) is 4.76. The molecular weight excluding hydrogens is 330 g/mol. The first-order valence-electron chi connectivity index (χ1n) is 8.32. The van der Waals surface area contributed by atoms with Gasteiger partial charge in [0.25, 0.3) is 0 Å². The number of fused-ring (bicyclic) bond motifs is 4. The van der Waals surface area contributed by atoms with E-state index in [4.69, 9.17) is 9.15 Å². The second-order valence-corrected chi connectivity index (χ2v) is 6.31. The van der Waals surface area contributed by atoms with Gasteiger partial charge < -0.3 is 9.15 Å². The van der Waals surface area contributed by atoms with Crippen LogP contribution >= 0.6 is 0 Å². The van der Waals surface area contributed by atoms with Crippen molar-refractivity contribution in [1.82, 2.24) is 4.98 Å². The summed E-state index contributed by atoms with van der Waals surface area (Å²) >= 11 is 0. The van der Waals surface area contributed by atoms with E-state index < -0.39 is 11.5 Å². The van der Waals surface area contributed by atoms with Crippen molar-refractivity contribution >= 4 is 27.8 Å². The Bertz CT molecular complexity index is 1240. The van der Waals surface area contributed by atoms with Crippen molar-refractivity contribution in [3.63, 3.8) is 0 Å². The highest BCUT2D eigenvalue weighted by Gasteiger charge is 2.33. The molecule has 0 amide bonds. The molecule has 0 spiro atoms. The minimum Gasteiger partial charge on any atom is -0.425 e. The van der Waals surface area contributed by atoms with Crippen LogP contribution in [0.3, 0.4) is 0 Å². The second kappa shape index (κ2) is 5.52. The lowest BCUT2D eigenvalue weighted by molar-refractivity contribution is -0.135. The standard InChI is InChI=1S/C21H13NO4/c23-18-11-15(12-7-8-16-13(10-12)4-3-9-22-16)19-20(26-18)14-5-1-2-6-17(14)25-21(19)24/h1-10,15H,11H2/t15-/m1/s1. The molecule has 0 unspecified atom stereocenters. The highest BCUT2D eigenvalue weighted by atomic mass is 16.5. The lowest BCUT2D eigenvalue weighted by atomic mass is 9.86. The number of hydrogen-bond acceptors (Lipinski definition) is 5. The van der Waals surface area contributed by atoms with Gasteiger partial charge in [0.1, 0.15) is 5.58 Å². The molecule has 0 bridgehead atoms. The zero-order valence-corrected chi connectivity index (χ0v) is 13.6. The van der Waals surface area contributed by atoms with Crippen molar-refractivity contribution in [2.75, 3.05) is 0 Å². The fraction of sp³-hybridized carbons (Fsp3) is 0.0952. The zero-order valence-electron chi connectivity index (χ0n) is 13.6. The van der Waals surface area contributed by atoms with Crippen molar-refractivity contribution in [1.29, 1.82) is 0 Å². The van der Waals surface area contributed by atoms with Gasteiger partial charge in [-0.15, -0.1) is 0 Å². The van der Waals surface area contributed by atoms with Crippen LogP contribution in [0.25, 0.3) is 21.9 Å². The molecule has 5 heteroatoms. The molecule has 0 fully saturated rings. The largest absolute Gasteiger partial charge is 0.425 e. The first kappa shape index (κ1) is 14.8. The number of carbonyl (C=O) groups is 1. The Morgan fingerprint density at radius 3 is 2.81 bits per heavy atom. The van der Waals surface area contributed by atoms with Crippen LogP contribution in [-0.2, 0) is 4.79 Å². The molecule has 2 aromatic carbocycles. The fourth-order valence-electron chi connectivity index (χ4n) is 3.57. The molecule has 1 aliphatic rings. The Labute approximate surface area is 147 Å². The van der Waals surface area contributed by atoms with E-state index in [1.54, 1.807) is 24.4 Å². The van der Waals surface area contributed by atoms with Gasteiger partial charge in [-0.3, -0.25) is 9.78 Å². The Morgan fingerprint density at radius 1 is 1.00 bits per heavy atom. The highest BCUT2D eigenvalue weighted by Crippen LogP contribution is 2.41. The van der Waals surface area contributed by atoms with Crippen LogP contribution in [0.4, 0.5) is 0 Å². The number of aromatic nitrogens is 1. The number of benzene rings is 2. The molecule has 0 saturated carbocycles. The fourth-order valence-corrected chi connectivity index (χ4v) is 3.57. The molecule has 0 radical (unpaired) electrons. The molecule has 5 nitrogen and oxygen atoms in total. The zero-order chi connectivity index (χ0) is 17.7. The Balaban J connectivity index is 1.78. The molecular formula is C21H13NO4. The van der Waals surface area contributed by atoms with Gasteiger partial charge in [-0.05, 0) is 35.9 Å². The molecule has 1 atom stereocenters. The SMILES string of the molecule is O=C1C[C@H](c2ccc3ncccc3c2)c2c(c3ccccc3oc2=O)O1. The van der Waals surface area contributed by atoms with Gasteiger partial charge in [-0.25, -0.2) is 4.79 Å². The maximum Gasteiger partial charge on any atom is 0.343 e. The number of ether oxygens (including phenoxy) is 1. The van der Waals surface area contributed by atoms with Crippen LogP contribution in [0.1, 0.15) is 23.5 Å². The molecule has 4 aromatic rings. The minimum absolute atomic E-state index is 0.0991. The molecule has 5 rings (SSSR count). The van der Waals surface area contributed by atoms with Crippen molar-refractivity contribution < 1.29 is 13.9 Å². The van der Waals surface area contributed by atoms with Crippen LogP contribution in [-0.4, -0.2) is 11.0 Å². The number of nitrogens with zero attached hydrogens (tertiary/aromatic N) is 1. The summed E-state index contributed by atoms with van der Waals surface area (Å²) in [5.41, 5.74) is 2.06. The van der Waals surface area contributed by atoms with Crippen LogP contribution < -0.4 is 10.4 Å². The van der Waals surface area contributed by atoms with Crippen LogP contribution in [0.2, 0.25) is 0 Å². The van der Waals surface area contributed by atoms with Crippen LogP contribution in [0, 0.1) is 0 Å². The molecule has 0 N–H and O–H groups in total. The van der Waals surface area contributed by atoms with E-state index in [1.165, 1.54) is 0 Å². The molecule has 126 valence electrons. The number of para-hydroxylation sites is 1. The molecule has 3 heterocycles. The minimum atomic E-state index is -0.470. The van der Waals surface area contributed by atoms with Gasteiger partial charge in [0.05, 0.1) is 22.9 Å². The van der Waals surface area contributed by atoms with Gasteiger partial charge in [-0.1, -0.05) is 24.3 Å². The number of pyridine rings is 1. The number of esters is 1. The topological polar surface area (TPSA) is 69.4 Å². The molecule has 26 heavy (non-hydrogen) atoms. The first-order valence-corrected chi connectivity index (χ1v) is 8.32. The van der Waals surface area contributed by atoms with Gasteiger partial charge >= 0.3 is 11.6 Å². The van der Waals surface area contributed by atoms with Crippen molar-refractivity contribution in [2.45, 2.75) is 12.3 Å². The van der Waals surface area contributed by atoms with E-state index in [0.29, 0.717) is 22.3 Å². The summed E-state index contributed by atoms with van der Waals surface area (Å²) in [6, 6.07) is 16.6. The molecule has 0 aliphatic carbocycles. The normalized spacial score (nSPS) is 16.5. The smallest absolute Gasteiger partial charge is 0.343 e. The van der Waals surface area contributed by atoms with Gasteiger partial charge in [0, 0.05) is 17.5 Å². The van der Waals surface area contributed by atoms with E-state index in [-0.39, 0.29) is 12.4 Å². The summed E-state index contributed by atoms with van der Waals surface area (Å²) < 4.78 is 10.9. The second-order valence-electron chi connectivity index (χ2n) is 6.31.